The van der Waals surface area contributed by atoms with Gasteiger partial charge in [0.15, 0.2) is 0 Å². The standard InChI is InChI=1S/C9H11NO3/c1-9(10,8(12)13)6-2-4-7(11)5-3-6/h2-5,11H,10H2,1H3,(H,12,13)/t9-/m0/s1. The molecule has 1 aromatic rings. The highest BCUT2D eigenvalue weighted by Gasteiger charge is 2.29. The summed E-state index contributed by atoms with van der Waals surface area (Å²) in [6.07, 6.45) is 0. The van der Waals surface area contributed by atoms with Crippen LogP contribution in [0, 0.1) is 0 Å². The van der Waals surface area contributed by atoms with Gasteiger partial charge in [0.1, 0.15) is 11.3 Å². The van der Waals surface area contributed by atoms with Gasteiger partial charge in [0.25, 0.3) is 0 Å². The number of hydrogen-bond acceptors (Lipinski definition) is 3. The van der Waals surface area contributed by atoms with Crippen molar-refractivity contribution >= 4 is 5.97 Å². The van der Waals surface area contributed by atoms with Crippen molar-refractivity contribution in [2.24, 2.45) is 5.73 Å². The second-order valence-electron chi connectivity index (χ2n) is 3.05. The number of phenols is 1. The fraction of sp³-hybridized carbons (Fsp3) is 0.222. The number of carboxylic acid groups (broad SMARTS) is 1. The molecule has 0 bridgehead atoms. The zero-order chi connectivity index (χ0) is 10.1. The quantitative estimate of drug-likeness (QED) is 0.625. The SMILES string of the molecule is C[C@@](N)(C(=O)O)c1ccc(O)cc1. The van der Waals surface area contributed by atoms with Gasteiger partial charge < -0.3 is 15.9 Å². The van der Waals surface area contributed by atoms with Gasteiger partial charge in [-0.25, -0.2) is 4.79 Å². The van der Waals surface area contributed by atoms with Crippen molar-refractivity contribution in [3.05, 3.63) is 29.8 Å². The van der Waals surface area contributed by atoms with Crippen LogP contribution in [0.15, 0.2) is 24.3 Å². The number of phenolic OH excluding ortho intramolecular Hbond substituents is 1. The molecule has 4 N–H and O–H groups in total. The molecule has 4 heteroatoms. The van der Waals surface area contributed by atoms with Crippen LogP contribution in [0.1, 0.15) is 12.5 Å². The Morgan fingerprint density at radius 3 is 2.23 bits per heavy atom. The Morgan fingerprint density at radius 2 is 1.85 bits per heavy atom. The normalized spacial score (nSPS) is 14.9. The van der Waals surface area contributed by atoms with Crippen LogP contribution in [0.2, 0.25) is 0 Å². The molecule has 0 saturated carbocycles. The van der Waals surface area contributed by atoms with Crippen molar-refractivity contribution in [2.45, 2.75) is 12.5 Å². The molecular formula is C9H11NO3. The topological polar surface area (TPSA) is 83.6 Å². The van der Waals surface area contributed by atoms with Gasteiger partial charge >= 0.3 is 5.97 Å². The van der Waals surface area contributed by atoms with Crippen LogP contribution >= 0.6 is 0 Å². The second-order valence-corrected chi connectivity index (χ2v) is 3.05. The molecule has 0 saturated heterocycles. The van der Waals surface area contributed by atoms with Gasteiger partial charge in [-0.3, -0.25) is 0 Å². The van der Waals surface area contributed by atoms with Gasteiger partial charge in [-0.1, -0.05) is 12.1 Å². The fourth-order valence-electron chi connectivity index (χ4n) is 0.931. The number of nitrogens with two attached hydrogens (primary N) is 1. The van der Waals surface area contributed by atoms with Gasteiger partial charge in [-0.15, -0.1) is 0 Å². The smallest absolute Gasteiger partial charge is 0.328 e. The van der Waals surface area contributed by atoms with Crippen molar-refractivity contribution in [1.82, 2.24) is 0 Å². The van der Waals surface area contributed by atoms with E-state index in [0.717, 1.165) is 0 Å². The lowest BCUT2D eigenvalue weighted by Gasteiger charge is -2.19. The first kappa shape index (κ1) is 9.54. The Labute approximate surface area is 75.6 Å². The minimum atomic E-state index is -1.41. The summed E-state index contributed by atoms with van der Waals surface area (Å²) >= 11 is 0. The predicted octanol–water partition coefficient (Wildman–Crippen LogP) is 0.651. The van der Waals surface area contributed by atoms with Gasteiger partial charge in [-0.2, -0.15) is 0 Å². The monoisotopic (exact) mass is 181 g/mol. The molecule has 0 aromatic heterocycles. The maximum Gasteiger partial charge on any atom is 0.328 e. The summed E-state index contributed by atoms with van der Waals surface area (Å²) in [6.45, 7) is 1.40. The summed E-state index contributed by atoms with van der Waals surface area (Å²) in [7, 11) is 0. The average molecular weight is 181 g/mol. The minimum absolute atomic E-state index is 0.0879. The van der Waals surface area contributed by atoms with E-state index in [1.807, 2.05) is 0 Å². The number of carbonyl (C=O) groups is 1. The summed E-state index contributed by atoms with van der Waals surface area (Å²) in [4.78, 5) is 10.7. The maximum absolute atomic E-state index is 10.7. The largest absolute Gasteiger partial charge is 0.508 e. The van der Waals surface area contributed by atoms with E-state index in [4.69, 9.17) is 15.9 Å². The number of rotatable bonds is 2. The van der Waals surface area contributed by atoms with Crippen molar-refractivity contribution in [2.75, 3.05) is 0 Å². The lowest BCUT2D eigenvalue weighted by atomic mass is 9.93. The highest BCUT2D eigenvalue weighted by molar-refractivity contribution is 5.79. The maximum atomic E-state index is 10.7. The van der Waals surface area contributed by atoms with Crippen molar-refractivity contribution < 1.29 is 15.0 Å². The zero-order valence-corrected chi connectivity index (χ0v) is 7.19. The summed E-state index contributed by atoms with van der Waals surface area (Å²) in [5.74, 6) is -1.01. The third kappa shape index (κ3) is 1.78. The van der Waals surface area contributed by atoms with E-state index in [0.29, 0.717) is 5.56 Å². The van der Waals surface area contributed by atoms with E-state index in [-0.39, 0.29) is 5.75 Å². The lowest BCUT2D eigenvalue weighted by Crippen LogP contribution is -2.41. The number of benzene rings is 1. The molecule has 0 fully saturated rings. The van der Waals surface area contributed by atoms with E-state index in [1.54, 1.807) is 0 Å². The molecule has 1 rings (SSSR count). The Bertz CT molecular complexity index is 316. The van der Waals surface area contributed by atoms with Gasteiger partial charge in [0.2, 0.25) is 0 Å². The Hall–Kier alpha value is -1.55. The molecule has 70 valence electrons. The summed E-state index contributed by atoms with van der Waals surface area (Å²) in [6, 6.07) is 5.79. The molecule has 0 heterocycles. The zero-order valence-electron chi connectivity index (χ0n) is 7.19. The number of aromatic hydroxyl groups is 1. The molecule has 4 nitrogen and oxygen atoms in total. The van der Waals surface area contributed by atoms with Crippen LogP contribution in [0.4, 0.5) is 0 Å². The van der Waals surface area contributed by atoms with Crippen molar-refractivity contribution in [3.8, 4) is 5.75 Å². The Balaban J connectivity index is 3.08. The predicted molar refractivity (Wildman–Crippen MR) is 47.3 cm³/mol. The third-order valence-electron chi connectivity index (χ3n) is 1.91. The van der Waals surface area contributed by atoms with Gasteiger partial charge in [0, 0.05) is 0 Å². The first-order valence-electron chi connectivity index (χ1n) is 3.76. The van der Waals surface area contributed by atoms with Crippen molar-refractivity contribution in [1.29, 1.82) is 0 Å². The van der Waals surface area contributed by atoms with Crippen LogP contribution in [0.3, 0.4) is 0 Å². The molecular weight excluding hydrogens is 170 g/mol. The molecule has 1 atom stereocenters. The van der Waals surface area contributed by atoms with Crippen molar-refractivity contribution in [3.63, 3.8) is 0 Å². The van der Waals surface area contributed by atoms with Crippen LogP contribution in [0.25, 0.3) is 0 Å². The number of carboxylic acids is 1. The third-order valence-corrected chi connectivity index (χ3v) is 1.91. The van der Waals surface area contributed by atoms with Gasteiger partial charge in [-0.05, 0) is 24.6 Å². The summed E-state index contributed by atoms with van der Waals surface area (Å²) in [5.41, 5.74) is 4.60. The van der Waals surface area contributed by atoms with Crippen LogP contribution < -0.4 is 5.73 Å². The van der Waals surface area contributed by atoms with E-state index in [2.05, 4.69) is 0 Å². The van der Waals surface area contributed by atoms with E-state index >= 15 is 0 Å². The highest BCUT2D eigenvalue weighted by atomic mass is 16.4. The molecule has 0 spiro atoms. The van der Waals surface area contributed by atoms with Crippen LogP contribution in [-0.2, 0) is 10.3 Å². The first-order valence-corrected chi connectivity index (χ1v) is 3.76. The summed E-state index contributed by atoms with van der Waals surface area (Å²) < 4.78 is 0. The lowest BCUT2D eigenvalue weighted by molar-refractivity contribution is -0.143. The minimum Gasteiger partial charge on any atom is -0.508 e. The van der Waals surface area contributed by atoms with E-state index in [9.17, 15) is 4.79 Å². The van der Waals surface area contributed by atoms with E-state index < -0.39 is 11.5 Å². The molecule has 13 heavy (non-hydrogen) atoms. The summed E-state index contributed by atoms with van der Waals surface area (Å²) in [5, 5.41) is 17.7. The van der Waals surface area contributed by atoms with Crippen LogP contribution in [-0.4, -0.2) is 16.2 Å². The number of aliphatic carboxylic acids is 1. The number of hydrogen-bond donors (Lipinski definition) is 3. The van der Waals surface area contributed by atoms with E-state index in [1.165, 1.54) is 31.2 Å². The molecule has 0 aliphatic carbocycles. The van der Waals surface area contributed by atoms with Gasteiger partial charge in [0.05, 0.1) is 0 Å². The molecule has 0 unspecified atom stereocenters. The Morgan fingerprint density at radius 1 is 1.38 bits per heavy atom. The molecule has 0 amide bonds. The molecule has 0 radical (unpaired) electrons. The van der Waals surface area contributed by atoms with Crippen LogP contribution in [0.5, 0.6) is 5.75 Å². The fourth-order valence-corrected chi connectivity index (χ4v) is 0.931. The molecule has 0 aliphatic rings. The Kier molecular flexibility index (Phi) is 2.25. The average Bonchev–Trinajstić information content (AvgIpc) is 2.04. The first-order chi connectivity index (χ1) is 5.94. The molecule has 1 aromatic carbocycles. The molecule has 0 aliphatic heterocycles. The highest BCUT2D eigenvalue weighted by Crippen LogP contribution is 2.20. The second kappa shape index (κ2) is 3.06.